The van der Waals surface area contributed by atoms with E-state index in [1.807, 2.05) is 37.4 Å². The molecule has 3 rings (SSSR count). The molecule has 2 atom stereocenters. The molecular formula is C22H28N2O3S. The molecular weight excluding hydrogens is 372 g/mol. The third kappa shape index (κ3) is 4.28. The molecule has 1 saturated heterocycles. The summed E-state index contributed by atoms with van der Waals surface area (Å²) in [6.07, 6.45) is 3.28. The Labute approximate surface area is 170 Å². The van der Waals surface area contributed by atoms with E-state index in [0.29, 0.717) is 15.0 Å². The molecule has 2 heterocycles. The highest BCUT2D eigenvalue weighted by Gasteiger charge is 2.34. The molecule has 1 aliphatic rings. The first-order valence-corrected chi connectivity index (χ1v) is 10.6. The van der Waals surface area contributed by atoms with Crippen LogP contribution in [0.2, 0.25) is 0 Å². The first-order valence-electron chi connectivity index (χ1n) is 9.69. The maximum atomic E-state index is 13.2. The minimum atomic E-state index is -0.418. The van der Waals surface area contributed by atoms with Crippen LogP contribution in [0.5, 0.6) is 0 Å². The molecule has 2 aromatic rings. The van der Waals surface area contributed by atoms with Crippen molar-refractivity contribution in [1.82, 2.24) is 0 Å². The van der Waals surface area contributed by atoms with E-state index in [-0.39, 0.29) is 11.9 Å². The van der Waals surface area contributed by atoms with Gasteiger partial charge in [-0.25, -0.2) is 4.79 Å². The number of aryl methyl sites for hydroxylation is 1. The van der Waals surface area contributed by atoms with Crippen LogP contribution < -0.4 is 5.32 Å². The van der Waals surface area contributed by atoms with Crippen molar-refractivity contribution >= 4 is 28.9 Å². The Kier molecular flexibility index (Phi) is 6.52. The Morgan fingerprint density at radius 3 is 2.68 bits per heavy atom. The first-order chi connectivity index (χ1) is 13.5. The lowest BCUT2D eigenvalue weighted by Gasteiger charge is -2.54. The zero-order valence-electron chi connectivity index (χ0n) is 16.7. The van der Waals surface area contributed by atoms with Gasteiger partial charge < -0.3 is 14.5 Å². The van der Waals surface area contributed by atoms with E-state index >= 15 is 0 Å². The van der Waals surface area contributed by atoms with Crippen LogP contribution >= 0.6 is 11.3 Å². The van der Waals surface area contributed by atoms with E-state index in [0.717, 1.165) is 31.5 Å². The van der Waals surface area contributed by atoms with Gasteiger partial charge in [0.1, 0.15) is 10.9 Å². The number of benzene rings is 1. The van der Waals surface area contributed by atoms with Crippen molar-refractivity contribution in [3.63, 3.8) is 0 Å². The molecule has 1 aromatic carbocycles. The fraction of sp³-hybridized carbons (Fsp3) is 0.409. The number of nitrogens with zero attached hydrogens (tertiary/aromatic N) is 1. The van der Waals surface area contributed by atoms with Gasteiger partial charge in [-0.1, -0.05) is 36.8 Å². The van der Waals surface area contributed by atoms with E-state index < -0.39 is 5.97 Å². The highest BCUT2D eigenvalue weighted by molar-refractivity contribution is 7.12. The number of hydrogen-bond donors (Lipinski definition) is 1. The molecule has 2 unspecified atom stereocenters. The Hall–Kier alpha value is -2.18. The summed E-state index contributed by atoms with van der Waals surface area (Å²) in [6.45, 7) is 7.91. The number of anilines is 1. The number of rotatable bonds is 6. The number of quaternary nitrogens is 1. The monoisotopic (exact) mass is 400 g/mol. The lowest BCUT2D eigenvalue weighted by atomic mass is 10.0. The summed E-state index contributed by atoms with van der Waals surface area (Å²) in [6, 6.07) is 10.1. The first kappa shape index (κ1) is 20.6. The number of ether oxygens (including phenoxy) is 1. The van der Waals surface area contributed by atoms with Crippen LogP contribution in [0.3, 0.4) is 0 Å². The van der Waals surface area contributed by atoms with Crippen LogP contribution in [0.25, 0.3) is 0 Å². The average Bonchev–Trinajstić information content (AvgIpc) is 3.08. The lowest BCUT2D eigenvalue weighted by Crippen LogP contribution is -2.57. The van der Waals surface area contributed by atoms with E-state index in [9.17, 15) is 9.59 Å². The molecule has 0 radical (unpaired) electrons. The van der Waals surface area contributed by atoms with Crippen molar-refractivity contribution in [2.24, 2.45) is 0 Å². The zero-order valence-corrected chi connectivity index (χ0v) is 17.6. The van der Waals surface area contributed by atoms with Gasteiger partial charge in [0.25, 0.3) is 5.91 Å². The van der Waals surface area contributed by atoms with Crippen molar-refractivity contribution < 1.29 is 18.8 Å². The Morgan fingerprint density at radius 1 is 1.29 bits per heavy atom. The van der Waals surface area contributed by atoms with E-state index in [4.69, 9.17) is 4.74 Å². The van der Waals surface area contributed by atoms with Crippen LogP contribution in [0, 0.1) is 13.5 Å². The third-order valence-corrected chi connectivity index (χ3v) is 6.66. The smallest absolute Gasteiger partial charge is 0.350 e. The van der Waals surface area contributed by atoms with Gasteiger partial charge in [0, 0.05) is 5.56 Å². The molecule has 28 heavy (non-hydrogen) atoms. The predicted molar refractivity (Wildman–Crippen MR) is 112 cm³/mol. The number of carbonyl (C=O) groups excluding carboxylic acids is 2. The molecule has 150 valence electrons. The molecule has 0 saturated carbocycles. The van der Waals surface area contributed by atoms with Gasteiger partial charge in [-0.05, 0) is 31.2 Å². The van der Waals surface area contributed by atoms with Crippen LogP contribution in [0.15, 0.2) is 35.7 Å². The topological polar surface area (TPSA) is 55.4 Å². The van der Waals surface area contributed by atoms with Crippen molar-refractivity contribution in [2.75, 3.05) is 19.0 Å². The highest BCUT2D eigenvalue weighted by Crippen LogP contribution is 2.32. The second-order valence-corrected chi connectivity index (χ2v) is 8.31. The second kappa shape index (κ2) is 8.88. The average molecular weight is 401 g/mol. The number of thiophene rings is 1. The number of amides is 1. The third-order valence-electron chi connectivity index (χ3n) is 5.59. The summed E-state index contributed by atoms with van der Waals surface area (Å²) in [4.78, 5) is 25.7. The number of esters is 1. The lowest BCUT2D eigenvalue weighted by molar-refractivity contribution is -0.930. The number of carbonyl (C=O) groups is 2. The quantitative estimate of drug-likeness (QED) is 0.440. The van der Waals surface area contributed by atoms with Crippen LogP contribution in [0.1, 0.15) is 47.0 Å². The van der Waals surface area contributed by atoms with Gasteiger partial charge in [0.15, 0.2) is 0 Å². The summed E-state index contributed by atoms with van der Waals surface area (Å²) < 4.78 is 5.49. The summed E-state index contributed by atoms with van der Waals surface area (Å²) in [5.74, 6) is -0.487. The SMILES string of the molecule is COC(=O)c1scc(C)c1NC(=O)C(C)[N+]1(Cc2ccccc2)[CH-]CCCC1. The van der Waals surface area contributed by atoms with Crippen LogP contribution in [-0.2, 0) is 16.1 Å². The number of likely N-dealkylation sites (tertiary alicyclic amines) is 1. The van der Waals surface area contributed by atoms with Gasteiger partial charge in [0.05, 0.1) is 25.9 Å². The summed E-state index contributed by atoms with van der Waals surface area (Å²) in [5.41, 5.74) is 2.68. The van der Waals surface area contributed by atoms with Gasteiger partial charge >= 0.3 is 5.97 Å². The molecule has 1 amide bonds. The molecule has 0 spiro atoms. The maximum absolute atomic E-state index is 13.2. The summed E-state index contributed by atoms with van der Waals surface area (Å²) in [7, 11) is 1.36. The minimum Gasteiger partial charge on any atom is -0.465 e. The number of hydrogen-bond acceptors (Lipinski definition) is 4. The number of methoxy groups -OCH3 is 1. The Bertz CT molecular complexity index is 826. The van der Waals surface area contributed by atoms with Gasteiger partial charge in [0.2, 0.25) is 0 Å². The maximum Gasteiger partial charge on any atom is 0.350 e. The Balaban J connectivity index is 1.83. The predicted octanol–water partition coefficient (Wildman–Crippen LogP) is 4.53. The Morgan fingerprint density at radius 2 is 2.04 bits per heavy atom. The van der Waals surface area contributed by atoms with Crippen molar-refractivity contribution in [2.45, 2.75) is 45.7 Å². The van der Waals surface area contributed by atoms with Crippen molar-refractivity contribution in [1.29, 1.82) is 0 Å². The van der Waals surface area contributed by atoms with Crippen LogP contribution in [-0.4, -0.2) is 36.1 Å². The van der Waals surface area contributed by atoms with Gasteiger partial charge in [-0.3, -0.25) is 4.79 Å². The summed E-state index contributed by atoms with van der Waals surface area (Å²) in [5, 5.41) is 4.89. The number of nitrogens with one attached hydrogen (secondary N) is 1. The van der Waals surface area contributed by atoms with E-state index in [2.05, 4.69) is 24.0 Å². The fourth-order valence-electron chi connectivity index (χ4n) is 3.85. The largest absolute Gasteiger partial charge is 0.465 e. The normalized spacial score (nSPS) is 20.4. The molecule has 0 aliphatic carbocycles. The second-order valence-electron chi connectivity index (χ2n) is 7.43. The molecule has 1 N–H and O–H groups in total. The fourth-order valence-corrected chi connectivity index (χ4v) is 4.77. The molecule has 6 heteroatoms. The van der Waals surface area contributed by atoms with E-state index in [1.165, 1.54) is 30.4 Å². The van der Waals surface area contributed by atoms with Gasteiger partial charge in [-0.2, -0.15) is 0 Å². The number of piperidine rings is 1. The minimum absolute atomic E-state index is 0.0688. The van der Waals surface area contributed by atoms with Crippen molar-refractivity contribution in [3.8, 4) is 0 Å². The summed E-state index contributed by atoms with van der Waals surface area (Å²) >= 11 is 1.30. The van der Waals surface area contributed by atoms with Crippen LogP contribution in [0.4, 0.5) is 5.69 Å². The molecule has 1 aromatic heterocycles. The van der Waals surface area contributed by atoms with Crippen molar-refractivity contribution in [3.05, 3.63) is 58.3 Å². The zero-order chi connectivity index (χ0) is 20.1. The van der Waals surface area contributed by atoms with E-state index in [1.54, 1.807) is 0 Å². The van der Waals surface area contributed by atoms with Gasteiger partial charge in [-0.15, -0.1) is 24.3 Å². The standard InChI is InChI=1S/C22H28N2O3S/c1-16-15-28-20(22(26)27-3)19(16)23-21(25)17(2)24(12-8-5-9-13-24)14-18-10-6-4-7-11-18/h4,6-7,10-12,15,17H,5,8-9,13-14H2,1-3H3,(H,23,25). The molecule has 5 nitrogen and oxygen atoms in total. The molecule has 0 bridgehead atoms. The molecule has 1 aliphatic heterocycles. The highest BCUT2D eigenvalue weighted by atomic mass is 32.1. The molecule has 1 fully saturated rings.